The zero-order valence-corrected chi connectivity index (χ0v) is 9.97. The number of pyridine rings is 1. The van der Waals surface area contributed by atoms with Crippen LogP contribution in [0.4, 0.5) is 0 Å². The second-order valence-corrected chi connectivity index (χ2v) is 5.39. The van der Waals surface area contributed by atoms with Crippen LogP contribution in [0.15, 0.2) is 23.4 Å². The Morgan fingerprint density at radius 1 is 1.47 bits per heavy atom. The van der Waals surface area contributed by atoms with Crippen LogP contribution in [-0.4, -0.2) is 23.2 Å². The minimum Gasteiger partial charge on any atom is -0.273 e. The lowest BCUT2D eigenvalue weighted by Crippen LogP contribution is -1.91. The van der Waals surface area contributed by atoms with Gasteiger partial charge in [0.25, 0.3) is 9.05 Å². The van der Waals surface area contributed by atoms with Crippen molar-refractivity contribution in [1.82, 2.24) is 14.8 Å². The number of hydrogen-bond donors (Lipinski definition) is 0. The predicted molar refractivity (Wildman–Crippen MR) is 58.8 cm³/mol. The van der Waals surface area contributed by atoms with Crippen LogP contribution in [0.1, 0.15) is 0 Å². The van der Waals surface area contributed by atoms with E-state index in [1.165, 1.54) is 12.3 Å². The van der Waals surface area contributed by atoms with E-state index < -0.39 is 9.05 Å². The fourth-order valence-electron chi connectivity index (χ4n) is 1.15. The summed E-state index contributed by atoms with van der Waals surface area (Å²) in [5.41, 5.74) is 0.497. The summed E-state index contributed by atoms with van der Waals surface area (Å²) in [6.45, 7) is 0. The molecule has 2 heterocycles. The van der Waals surface area contributed by atoms with Crippen molar-refractivity contribution in [1.29, 1.82) is 0 Å². The van der Waals surface area contributed by atoms with Crippen molar-refractivity contribution in [2.75, 3.05) is 0 Å². The second-order valence-electron chi connectivity index (χ2n) is 2.82. The maximum atomic E-state index is 11.0. The molecule has 8 heteroatoms. The summed E-state index contributed by atoms with van der Waals surface area (Å²) >= 11 is 0. The van der Waals surface area contributed by atoms with Gasteiger partial charge in [0.2, 0.25) is 0 Å². The summed E-state index contributed by atoms with van der Waals surface area (Å²) in [4.78, 5) is 3.86. The number of halogens is 2. The first-order valence-electron chi connectivity index (χ1n) is 3.71. The van der Waals surface area contributed by atoms with Crippen LogP contribution in [0.3, 0.4) is 0 Å². The molecule has 82 valence electrons. The monoisotopic (exact) mass is 267 g/mol. The van der Waals surface area contributed by atoms with Crippen molar-refractivity contribution in [2.24, 2.45) is 7.05 Å². The normalized spacial score (nSPS) is 11.3. The van der Waals surface area contributed by atoms with Gasteiger partial charge in [-0.1, -0.05) is 0 Å². The van der Waals surface area contributed by atoms with Crippen molar-refractivity contribution in [3.05, 3.63) is 18.5 Å². The molecule has 0 N–H and O–H groups in total. The van der Waals surface area contributed by atoms with Crippen molar-refractivity contribution in [2.45, 2.75) is 4.90 Å². The Bertz CT molecular complexity index is 593. The van der Waals surface area contributed by atoms with Gasteiger partial charge in [0.1, 0.15) is 4.90 Å². The zero-order chi connectivity index (χ0) is 10.3. The Kier molecular flexibility index (Phi) is 3.22. The highest BCUT2D eigenvalue weighted by atomic mass is 35.7. The molecule has 0 unspecified atom stereocenters. The second kappa shape index (κ2) is 3.96. The topological polar surface area (TPSA) is 64.8 Å². The molecule has 0 aliphatic heterocycles. The largest absolute Gasteiger partial charge is 0.273 e. The smallest absolute Gasteiger partial charge is 0.262 e. The molecule has 0 atom stereocenters. The highest BCUT2D eigenvalue weighted by molar-refractivity contribution is 8.13. The number of hydrogen-bond acceptors (Lipinski definition) is 4. The zero-order valence-electron chi connectivity index (χ0n) is 7.58. The Morgan fingerprint density at radius 3 is 2.73 bits per heavy atom. The van der Waals surface area contributed by atoms with Crippen LogP contribution in [0.25, 0.3) is 11.0 Å². The quantitative estimate of drug-likeness (QED) is 0.731. The van der Waals surface area contributed by atoms with E-state index in [2.05, 4.69) is 10.1 Å². The van der Waals surface area contributed by atoms with Crippen molar-refractivity contribution < 1.29 is 8.42 Å². The molecular formula is C7H7Cl2N3O2S. The van der Waals surface area contributed by atoms with E-state index in [1.54, 1.807) is 17.9 Å². The number of nitrogens with zero attached hydrogens (tertiary/aromatic N) is 3. The van der Waals surface area contributed by atoms with Gasteiger partial charge in [-0.2, -0.15) is 5.10 Å². The molecule has 0 radical (unpaired) electrons. The average Bonchev–Trinajstić information content (AvgIpc) is 2.41. The predicted octanol–water partition coefficient (Wildman–Crippen LogP) is 1.32. The SMILES string of the molecule is Cl.Cn1cc2cc(S(=O)(=O)Cl)cnc2n1. The van der Waals surface area contributed by atoms with Gasteiger partial charge in [0, 0.05) is 35.5 Å². The van der Waals surface area contributed by atoms with Gasteiger partial charge in [-0.25, -0.2) is 13.4 Å². The number of fused-ring (bicyclic) bond motifs is 1. The van der Waals surface area contributed by atoms with Gasteiger partial charge in [-0.3, -0.25) is 4.68 Å². The molecule has 0 amide bonds. The molecule has 5 nitrogen and oxygen atoms in total. The van der Waals surface area contributed by atoms with E-state index in [1.807, 2.05) is 0 Å². The molecular weight excluding hydrogens is 261 g/mol. The summed E-state index contributed by atoms with van der Waals surface area (Å²) in [5.74, 6) is 0. The number of aryl methyl sites for hydroxylation is 1. The Hall–Kier alpha value is -0.850. The summed E-state index contributed by atoms with van der Waals surface area (Å²) in [7, 11) is 3.19. The van der Waals surface area contributed by atoms with Crippen LogP contribution in [-0.2, 0) is 16.1 Å². The van der Waals surface area contributed by atoms with Crippen LogP contribution < -0.4 is 0 Å². The van der Waals surface area contributed by atoms with Crippen LogP contribution in [0.2, 0.25) is 0 Å². The van der Waals surface area contributed by atoms with Gasteiger partial charge in [-0.15, -0.1) is 12.4 Å². The fraction of sp³-hybridized carbons (Fsp3) is 0.143. The summed E-state index contributed by atoms with van der Waals surface area (Å²) in [6.07, 6.45) is 2.87. The van der Waals surface area contributed by atoms with Gasteiger partial charge in [-0.05, 0) is 6.07 Å². The first-order chi connectivity index (χ1) is 6.47. The van der Waals surface area contributed by atoms with E-state index in [0.29, 0.717) is 11.0 Å². The molecule has 0 saturated heterocycles. The van der Waals surface area contributed by atoms with Crippen molar-refractivity contribution >= 4 is 43.2 Å². The van der Waals surface area contributed by atoms with E-state index in [-0.39, 0.29) is 17.3 Å². The molecule has 2 aromatic heterocycles. The first kappa shape index (κ1) is 12.2. The van der Waals surface area contributed by atoms with Crippen LogP contribution >= 0.6 is 23.1 Å². The molecule has 0 spiro atoms. The third-order valence-corrected chi connectivity index (χ3v) is 3.05. The number of aromatic nitrogens is 3. The van der Waals surface area contributed by atoms with Crippen molar-refractivity contribution in [3.63, 3.8) is 0 Å². The van der Waals surface area contributed by atoms with Gasteiger partial charge < -0.3 is 0 Å². The summed E-state index contributed by atoms with van der Waals surface area (Å²) < 4.78 is 23.5. The van der Waals surface area contributed by atoms with E-state index in [9.17, 15) is 8.42 Å². The van der Waals surface area contributed by atoms with E-state index >= 15 is 0 Å². The van der Waals surface area contributed by atoms with Crippen molar-refractivity contribution in [3.8, 4) is 0 Å². The minimum atomic E-state index is -3.71. The lowest BCUT2D eigenvalue weighted by atomic mass is 10.4. The lowest BCUT2D eigenvalue weighted by molar-refractivity contribution is 0.609. The maximum absolute atomic E-state index is 11.0. The third-order valence-electron chi connectivity index (χ3n) is 1.73. The van der Waals surface area contributed by atoms with E-state index in [0.717, 1.165) is 0 Å². The van der Waals surface area contributed by atoms with Crippen LogP contribution in [0, 0.1) is 0 Å². The maximum Gasteiger partial charge on any atom is 0.262 e. The molecule has 0 fully saturated rings. The number of rotatable bonds is 1. The molecule has 2 aromatic rings. The van der Waals surface area contributed by atoms with Gasteiger partial charge >= 0.3 is 0 Å². The third kappa shape index (κ3) is 2.39. The highest BCUT2D eigenvalue weighted by Crippen LogP contribution is 2.18. The molecule has 0 saturated carbocycles. The standard InChI is InChI=1S/C7H6ClN3O2S.ClH/c1-11-4-5-2-6(14(8,12)13)3-9-7(5)10-11;/h2-4H,1H3;1H. The summed E-state index contributed by atoms with van der Waals surface area (Å²) in [5, 5.41) is 4.65. The molecule has 0 aliphatic rings. The molecule has 0 bridgehead atoms. The Labute approximate surface area is 96.9 Å². The lowest BCUT2D eigenvalue weighted by Gasteiger charge is -1.93. The average molecular weight is 268 g/mol. The van der Waals surface area contributed by atoms with Gasteiger partial charge in [0.15, 0.2) is 5.65 Å². The Morgan fingerprint density at radius 2 is 2.13 bits per heavy atom. The fourth-order valence-corrected chi connectivity index (χ4v) is 1.85. The minimum absolute atomic E-state index is 0. The molecule has 0 aliphatic carbocycles. The first-order valence-corrected chi connectivity index (χ1v) is 6.02. The summed E-state index contributed by atoms with van der Waals surface area (Å²) in [6, 6.07) is 1.44. The molecule has 0 aromatic carbocycles. The molecule has 15 heavy (non-hydrogen) atoms. The van der Waals surface area contributed by atoms with E-state index in [4.69, 9.17) is 10.7 Å². The highest BCUT2D eigenvalue weighted by Gasteiger charge is 2.12. The Balaban J connectivity index is 0.00000112. The van der Waals surface area contributed by atoms with Crippen LogP contribution in [0.5, 0.6) is 0 Å². The molecule has 2 rings (SSSR count). The van der Waals surface area contributed by atoms with Gasteiger partial charge in [0.05, 0.1) is 0 Å².